The van der Waals surface area contributed by atoms with Gasteiger partial charge in [-0.15, -0.1) is 0 Å². The van der Waals surface area contributed by atoms with Crippen molar-refractivity contribution in [2.75, 3.05) is 26.2 Å². The Balaban J connectivity index is 1.46. The molecule has 0 bridgehead atoms. The van der Waals surface area contributed by atoms with Crippen molar-refractivity contribution >= 4 is 16.9 Å². The Kier molecular flexibility index (Phi) is 5.51. The third kappa shape index (κ3) is 3.91. The van der Waals surface area contributed by atoms with Crippen LogP contribution in [0.3, 0.4) is 0 Å². The Morgan fingerprint density at radius 1 is 1.17 bits per heavy atom. The van der Waals surface area contributed by atoms with Crippen molar-refractivity contribution in [1.82, 2.24) is 24.6 Å². The van der Waals surface area contributed by atoms with Crippen LogP contribution in [0.25, 0.3) is 11.0 Å². The number of fused-ring (bicyclic) bond motifs is 1. The fraction of sp³-hybridized carbons (Fsp3) is 0.391. The van der Waals surface area contributed by atoms with Crippen molar-refractivity contribution in [1.29, 1.82) is 5.26 Å². The van der Waals surface area contributed by atoms with Crippen molar-refractivity contribution in [2.45, 2.75) is 33.4 Å². The molecule has 0 spiro atoms. The van der Waals surface area contributed by atoms with Crippen molar-refractivity contribution < 1.29 is 4.79 Å². The minimum absolute atomic E-state index is 0.0480. The van der Waals surface area contributed by atoms with E-state index in [4.69, 9.17) is 5.26 Å². The zero-order chi connectivity index (χ0) is 21.3. The van der Waals surface area contributed by atoms with Crippen LogP contribution in [0.15, 0.2) is 36.5 Å². The van der Waals surface area contributed by atoms with E-state index in [1.54, 1.807) is 6.20 Å². The Bertz CT molecular complexity index is 1100. The monoisotopic (exact) mass is 402 g/mol. The van der Waals surface area contributed by atoms with Crippen LogP contribution >= 0.6 is 0 Å². The minimum Gasteiger partial charge on any atom is -0.336 e. The van der Waals surface area contributed by atoms with Gasteiger partial charge >= 0.3 is 0 Å². The van der Waals surface area contributed by atoms with Crippen LogP contribution in [0, 0.1) is 18.3 Å². The molecule has 30 heavy (non-hydrogen) atoms. The van der Waals surface area contributed by atoms with Gasteiger partial charge in [0.05, 0.1) is 28.8 Å². The number of carbonyl (C=O) groups excluding carboxylic acids is 1. The number of piperazine rings is 1. The van der Waals surface area contributed by atoms with Gasteiger partial charge in [0.2, 0.25) is 0 Å². The summed E-state index contributed by atoms with van der Waals surface area (Å²) in [5.74, 6) is 0.0480. The molecule has 0 N–H and O–H groups in total. The van der Waals surface area contributed by atoms with E-state index in [0.29, 0.717) is 24.2 Å². The van der Waals surface area contributed by atoms with Crippen molar-refractivity contribution in [2.24, 2.45) is 0 Å². The van der Waals surface area contributed by atoms with Gasteiger partial charge in [0.15, 0.2) is 5.65 Å². The van der Waals surface area contributed by atoms with Crippen LogP contribution in [-0.4, -0.2) is 56.7 Å². The smallest absolute Gasteiger partial charge is 0.254 e. The fourth-order valence-corrected chi connectivity index (χ4v) is 3.92. The normalized spacial score (nSPS) is 15.0. The topological polar surface area (TPSA) is 78.0 Å². The molecule has 7 nitrogen and oxygen atoms in total. The lowest BCUT2D eigenvalue weighted by Crippen LogP contribution is -2.48. The summed E-state index contributed by atoms with van der Waals surface area (Å²) in [6.07, 6.45) is 1.76. The van der Waals surface area contributed by atoms with Gasteiger partial charge in [-0.3, -0.25) is 9.69 Å². The number of pyridine rings is 1. The van der Waals surface area contributed by atoms with Gasteiger partial charge in [-0.2, -0.15) is 10.4 Å². The maximum atomic E-state index is 13.3. The number of hydrogen-bond donors (Lipinski definition) is 0. The van der Waals surface area contributed by atoms with Gasteiger partial charge in [0.1, 0.15) is 0 Å². The van der Waals surface area contributed by atoms with E-state index in [-0.39, 0.29) is 11.9 Å². The highest BCUT2D eigenvalue weighted by Crippen LogP contribution is 2.23. The van der Waals surface area contributed by atoms with Crippen LogP contribution in [0.2, 0.25) is 0 Å². The number of benzene rings is 1. The molecule has 4 rings (SSSR count). The van der Waals surface area contributed by atoms with Gasteiger partial charge in [-0.05, 0) is 44.5 Å². The van der Waals surface area contributed by atoms with Crippen LogP contribution in [0.5, 0.6) is 0 Å². The lowest BCUT2D eigenvalue weighted by atomic mass is 10.1. The molecule has 0 radical (unpaired) electrons. The first-order valence-corrected chi connectivity index (χ1v) is 10.3. The molecular weight excluding hydrogens is 376 g/mol. The summed E-state index contributed by atoms with van der Waals surface area (Å²) in [4.78, 5) is 22.2. The third-order valence-corrected chi connectivity index (χ3v) is 5.56. The molecule has 0 aliphatic carbocycles. The van der Waals surface area contributed by atoms with E-state index >= 15 is 0 Å². The number of hydrogen-bond acceptors (Lipinski definition) is 5. The van der Waals surface area contributed by atoms with Crippen molar-refractivity contribution in [3.63, 3.8) is 0 Å². The molecular formula is C23H26N6O. The van der Waals surface area contributed by atoms with Crippen LogP contribution in [-0.2, 0) is 6.54 Å². The highest BCUT2D eigenvalue weighted by atomic mass is 16.2. The lowest BCUT2D eigenvalue weighted by molar-refractivity contribution is 0.0630. The van der Waals surface area contributed by atoms with E-state index in [1.165, 1.54) is 5.56 Å². The molecule has 3 heterocycles. The first kappa shape index (κ1) is 20.0. The number of aromatic nitrogens is 3. The Morgan fingerprint density at radius 2 is 1.87 bits per heavy atom. The summed E-state index contributed by atoms with van der Waals surface area (Å²) in [5.41, 5.74) is 4.14. The average Bonchev–Trinajstić information content (AvgIpc) is 3.18. The van der Waals surface area contributed by atoms with Crippen LogP contribution in [0.4, 0.5) is 0 Å². The quantitative estimate of drug-likeness (QED) is 0.670. The first-order valence-electron chi connectivity index (χ1n) is 10.3. The Morgan fingerprint density at radius 3 is 2.50 bits per heavy atom. The van der Waals surface area contributed by atoms with Crippen LogP contribution < -0.4 is 0 Å². The van der Waals surface area contributed by atoms with E-state index in [2.05, 4.69) is 34.9 Å². The molecule has 0 unspecified atom stereocenters. The fourth-order valence-electron chi connectivity index (χ4n) is 3.92. The van der Waals surface area contributed by atoms with Crippen LogP contribution in [0.1, 0.15) is 47.1 Å². The lowest BCUT2D eigenvalue weighted by Gasteiger charge is -2.35. The second kappa shape index (κ2) is 8.25. The third-order valence-electron chi connectivity index (χ3n) is 5.56. The molecule has 1 fully saturated rings. The average molecular weight is 403 g/mol. The standard InChI is InChI=1S/C23H26N6O/c1-16(2)29-22-21(14-25-29)20(12-17(3)26-22)23(30)28-10-8-27(9-11-28)15-19-6-4-18(13-24)5-7-19/h4-7,12,14,16H,8-11,15H2,1-3H3. The molecule has 1 amide bonds. The molecule has 0 atom stereocenters. The second-order valence-corrected chi connectivity index (χ2v) is 8.11. The maximum Gasteiger partial charge on any atom is 0.254 e. The van der Waals surface area contributed by atoms with E-state index in [9.17, 15) is 4.79 Å². The summed E-state index contributed by atoms with van der Waals surface area (Å²) >= 11 is 0. The summed E-state index contributed by atoms with van der Waals surface area (Å²) in [7, 11) is 0. The van der Waals surface area contributed by atoms with Crippen molar-refractivity contribution in [3.8, 4) is 6.07 Å². The Hall–Kier alpha value is -3.24. The molecule has 1 aliphatic rings. The SMILES string of the molecule is Cc1cc(C(=O)N2CCN(Cc3ccc(C#N)cc3)CC2)c2cnn(C(C)C)c2n1. The first-order chi connectivity index (χ1) is 14.5. The van der Waals surface area contributed by atoms with E-state index < -0.39 is 0 Å². The van der Waals surface area contributed by atoms with E-state index in [0.717, 1.165) is 36.4 Å². The molecule has 1 saturated heterocycles. The number of carbonyl (C=O) groups is 1. The van der Waals surface area contributed by atoms with Gasteiger partial charge < -0.3 is 4.90 Å². The number of nitrogens with zero attached hydrogens (tertiary/aromatic N) is 6. The zero-order valence-corrected chi connectivity index (χ0v) is 17.7. The number of amides is 1. The van der Waals surface area contributed by atoms with Gasteiger partial charge in [0, 0.05) is 44.5 Å². The zero-order valence-electron chi connectivity index (χ0n) is 17.7. The minimum atomic E-state index is 0.0480. The predicted molar refractivity (Wildman–Crippen MR) is 115 cm³/mol. The molecule has 3 aromatic rings. The molecule has 0 saturated carbocycles. The summed E-state index contributed by atoms with van der Waals surface area (Å²) in [6.45, 7) is 9.90. The summed E-state index contributed by atoms with van der Waals surface area (Å²) in [5, 5.41) is 14.2. The second-order valence-electron chi connectivity index (χ2n) is 8.11. The highest BCUT2D eigenvalue weighted by Gasteiger charge is 2.25. The van der Waals surface area contributed by atoms with Crippen molar-refractivity contribution in [3.05, 3.63) is 58.9 Å². The van der Waals surface area contributed by atoms with Gasteiger partial charge in [-0.25, -0.2) is 9.67 Å². The van der Waals surface area contributed by atoms with Gasteiger partial charge in [0.25, 0.3) is 5.91 Å². The highest BCUT2D eigenvalue weighted by molar-refractivity contribution is 6.05. The molecule has 1 aliphatic heterocycles. The molecule has 7 heteroatoms. The predicted octanol–water partition coefficient (Wildman–Crippen LogP) is 3.15. The number of aryl methyl sites for hydroxylation is 1. The summed E-state index contributed by atoms with van der Waals surface area (Å²) < 4.78 is 1.87. The number of rotatable bonds is 4. The number of nitriles is 1. The molecule has 1 aromatic carbocycles. The van der Waals surface area contributed by atoms with E-state index in [1.807, 2.05) is 46.8 Å². The molecule has 2 aromatic heterocycles. The molecule has 154 valence electrons. The maximum absolute atomic E-state index is 13.3. The Labute approximate surface area is 176 Å². The largest absolute Gasteiger partial charge is 0.336 e. The summed E-state index contributed by atoms with van der Waals surface area (Å²) in [6, 6.07) is 11.9. The van der Waals surface area contributed by atoms with Gasteiger partial charge in [-0.1, -0.05) is 12.1 Å².